The summed E-state index contributed by atoms with van der Waals surface area (Å²) in [5.74, 6) is 0. The molecule has 1 nitrogen and oxygen atoms in total. The van der Waals surface area contributed by atoms with E-state index in [1.807, 2.05) is 0 Å². The zero-order valence-electron chi connectivity index (χ0n) is 11.0. The Morgan fingerprint density at radius 2 is 1.78 bits per heavy atom. The lowest BCUT2D eigenvalue weighted by Gasteiger charge is -2.13. The van der Waals surface area contributed by atoms with Gasteiger partial charge >= 0.3 is 0 Å². The SMILES string of the molecule is Cc1ccc(I)cc1NCc1cccc(C)c1C. The normalized spacial score (nSPS) is 10.4. The zero-order chi connectivity index (χ0) is 13.1. The molecule has 0 bridgehead atoms. The topological polar surface area (TPSA) is 12.0 Å². The highest BCUT2D eigenvalue weighted by Gasteiger charge is 2.02. The summed E-state index contributed by atoms with van der Waals surface area (Å²) >= 11 is 2.35. The molecule has 2 rings (SSSR count). The standard InChI is InChI=1S/C16H18IN/c1-11-5-4-6-14(13(11)3)10-18-16-9-15(17)8-7-12(16)2/h4-9,18H,10H2,1-3H3. The lowest BCUT2D eigenvalue weighted by atomic mass is 10.0. The number of hydrogen-bond acceptors (Lipinski definition) is 1. The van der Waals surface area contributed by atoms with E-state index in [9.17, 15) is 0 Å². The van der Waals surface area contributed by atoms with Gasteiger partial charge in [-0.1, -0.05) is 24.3 Å². The minimum Gasteiger partial charge on any atom is -0.381 e. The Bertz CT molecular complexity index is 559. The molecule has 0 saturated carbocycles. The summed E-state index contributed by atoms with van der Waals surface area (Å²) in [7, 11) is 0. The smallest absolute Gasteiger partial charge is 0.0403 e. The lowest BCUT2D eigenvalue weighted by Crippen LogP contribution is -2.03. The third-order valence-corrected chi connectivity index (χ3v) is 4.06. The molecule has 0 fully saturated rings. The highest BCUT2D eigenvalue weighted by atomic mass is 127. The van der Waals surface area contributed by atoms with Crippen molar-refractivity contribution < 1.29 is 0 Å². The number of benzene rings is 2. The van der Waals surface area contributed by atoms with E-state index >= 15 is 0 Å². The molecule has 0 amide bonds. The van der Waals surface area contributed by atoms with Gasteiger partial charge in [-0.15, -0.1) is 0 Å². The van der Waals surface area contributed by atoms with E-state index in [-0.39, 0.29) is 0 Å². The van der Waals surface area contributed by atoms with Crippen molar-refractivity contribution in [3.05, 3.63) is 62.2 Å². The van der Waals surface area contributed by atoms with Gasteiger partial charge in [-0.05, 0) is 77.7 Å². The van der Waals surface area contributed by atoms with Crippen molar-refractivity contribution in [2.24, 2.45) is 0 Å². The van der Waals surface area contributed by atoms with Crippen LogP contribution in [0.5, 0.6) is 0 Å². The minimum absolute atomic E-state index is 0.883. The fraction of sp³-hybridized carbons (Fsp3) is 0.250. The van der Waals surface area contributed by atoms with Gasteiger partial charge in [0.2, 0.25) is 0 Å². The summed E-state index contributed by atoms with van der Waals surface area (Å²) in [6, 6.07) is 13.0. The second-order valence-corrected chi connectivity index (χ2v) is 5.92. The minimum atomic E-state index is 0.883. The summed E-state index contributed by atoms with van der Waals surface area (Å²) in [6.07, 6.45) is 0. The maximum Gasteiger partial charge on any atom is 0.0403 e. The second kappa shape index (κ2) is 5.74. The molecule has 0 unspecified atom stereocenters. The predicted octanol–water partition coefficient (Wildman–Crippen LogP) is 4.83. The van der Waals surface area contributed by atoms with Gasteiger partial charge in [-0.3, -0.25) is 0 Å². The van der Waals surface area contributed by atoms with Gasteiger partial charge in [0, 0.05) is 15.8 Å². The van der Waals surface area contributed by atoms with E-state index < -0.39 is 0 Å². The number of hydrogen-bond donors (Lipinski definition) is 1. The maximum absolute atomic E-state index is 3.53. The second-order valence-electron chi connectivity index (χ2n) is 4.67. The molecule has 0 atom stereocenters. The van der Waals surface area contributed by atoms with Crippen LogP contribution in [0, 0.1) is 24.3 Å². The van der Waals surface area contributed by atoms with Gasteiger partial charge in [0.05, 0.1) is 0 Å². The van der Waals surface area contributed by atoms with Crippen molar-refractivity contribution in [1.29, 1.82) is 0 Å². The summed E-state index contributed by atoms with van der Waals surface area (Å²) in [6.45, 7) is 7.37. The first-order valence-electron chi connectivity index (χ1n) is 6.13. The van der Waals surface area contributed by atoms with Crippen LogP contribution in [0.4, 0.5) is 5.69 Å². The van der Waals surface area contributed by atoms with Crippen LogP contribution in [-0.2, 0) is 6.54 Å². The van der Waals surface area contributed by atoms with Crippen LogP contribution in [-0.4, -0.2) is 0 Å². The summed E-state index contributed by atoms with van der Waals surface area (Å²) in [4.78, 5) is 0. The Morgan fingerprint density at radius 1 is 1.00 bits per heavy atom. The van der Waals surface area contributed by atoms with Crippen LogP contribution in [0.25, 0.3) is 0 Å². The number of anilines is 1. The van der Waals surface area contributed by atoms with E-state index in [2.05, 4.69) is 85.1 Å². The zero-order valence-corrected chi connectivity index (χ0v) is 13.2. The van der Waals surface area contributed by atoms with E-state index in [1.54, 1.807) is 0 Å². The van der Waals surface area contributed by atoms with E-state index in [0.29, 0.717) is 0 Å². The molecule has 0 aliphatic carbocycles. The predicted molar refractivity (Wildman–Crippen MR) is 87.1 cm³/mol. The van der Waals surface area contributed by atoms with Crippen molar-refractivity contribution in [2.45, 2.75) is 27.3 Å². The van der Waals surface area contributed by atoms with Crippen LogP contribution in [0.1, 0.15) is 22.3 Å². The van der Waals surface area contributed by atoms with Crippen LogP contribution in [0.2, 0.25) is 0 Å². The van der Waals surface area contributed by atoms with Gasteiger partial charge < -0.3 is 5.32 Å². The Hall–Kier alpha value is -1.03. The highest BCUT2D eigenvalue weighted by Crippen LogP contribution is 2.20. The summed E-state index contributed by atoms with van der Waals surface area (Å²) < 4.78 is 1.27. The van der Waals surface area contributed by atoms with Crippen molar-refractivity contribution in [3.8, 4) is 0 Å². The quantitative estimate of drug-likeness (QED) is 0.781. The van der Waals surface area contributed by atoms with E-state index in [4.69, 9.17) is 0 Å². The molecule has 0 heterocycles. The molecular weight excluding hydrogens is 333 g/mol. The van der Waals surface area contributed by atoms with Crippen LogP contribution in [0.3, 0.4) is 0 Å². The molecule has 1 N–H and O–H groups in total. The molecule has 2 aromatic rings. The Kier molecular flexibility index (Phi) is 4.27. The number of rotatable bonds is 3. The summed E-state index contributed by atoms with van der Waals surface area (Å²) in [5, 5.41) is 3.53. The average molecular weight is 351 g/mol. The lowest BCUT2D eigenvalue weighted by molar-refractivity contribution is 1.10. The molecule has 0 spiro atoms. The molecule has 2 aromatic carbocycles. The van der Waals surface area contributed by atoms with E-state index in [1.165, 1.54) is 31.5 Å². The Morgan fingerprint density at radius 3 is 2.56 bits per heavy atom. The molecular formula is C16H18IN. The third-order valence-electron chi connectivity index (χ3n) is 3.39. The van der Waals surface area contributed by atoms with Crippen LogP contribution < -0.4 is 5.32 Å². The monoisotopic (exact) mass is 351 g/mol. The van der Waals surface area contributed by atoms with Crippen molar-refractivity contribution in [2.75, 3.05) is 5.32 Å². The molecule has 0 radical (unpaired) electrons. The Balaban J connectivity index is 2.16. The van der Waals surface area contributed by atoms with Crippen molar-refractivity contribution >= 4 is 28.3 Å². The molecule has 0 aliphatic heterocycles. The van der Waals surface area contributed by atoms with Gasteiger partial charge in [0.15, 0.2) is 0 Å². The van der Waals surface area contributed by atoms with Crippen LogP contribution >= 0.6 is 22.6 Å². The van der Waals surface area contributed by atoms with Crippen LogP contribution in [0.15, 0.2) is 36.4 Å². The molecule has 94 valence electrons. The molecule has 0 aromatic heterocycles. The fourth-order valence-electron chi connectivity index (χ4n) is 1.98. The average Bonchev–Trinajstić information content (AvgIpc) is 2.35. The third kappa shape index (κ3) is 3.05. The number of aryl methyl sites for hydroxylation is 2. The first-order chi connectivity index (χ1) is 8.58. The molecule has 2 heteroatoms. The maximum atomic E-state index is 3.53. The summed E-state index contributed by atoms with van der Waals surface area (Å²) in [5.41, 5.74) is 6.62. The fourth-order valence-corrected chi connectivity index (χ4v) is 2.47. The highest BCUT2D eigenvalue weighted by molar-refractivity contribution is 14.1. The number of halogens is 1. The largest absolute Gasteiger partial charge is 0.381 e. The van der Waals surface area contributed by atoms with Gasteiger partial charge in [0.25, 0.3) is 0 Å². The van der Waals surface area contributed by atoms with Crippen molar-refractivity contribution in [3.63, 3.8) is 0 Å². The number of nitrogens with one attached hydrogen (secondary N) is 1. The first kappa shape index (κ1) is 13.4. The van der Waals surface area contributed by atoms with Gasteiger partial charge in [0.1, 0.15) is 0 Å². The Labute approximate surface area is 123 Å². The van der Waals surface area contributed by atoms with E-state index in [0.717, 1.165) is 6.54 Å². The molecule has 0 saturated heterocycles. The molecule has 18 heavy (non-hydrogen) atoms. The molecule has 0 aliphatic rings. The first-order valence-corrected chi connectivity index (χ1v) is 7.21. The van der Waals surface area contributed by atoms with Gasteiger partial charge in [-0.25, -0.2) is 0 Å². The van der Waals surface area contributed by atoms with Crippen molar-refractivity contribution in [1.82, 2.24) is 0 Å². The van der Waals surface area contributed by atoms with Gasteiger partial charge in [-0.2, -0.15) is 0 Å².